The molecule has 6 nitrogen and oxygen atoms in total. The fourth-order valence-electron chi connectivity index (χ4n) is 3.23. The molecule has 0 aliphatic carbocycles. The number of amides is 1. The predicted molar refractivity (Wildman–Crippen MR) is 97.6 cm³/mol. The maximum Gasteiger partial charge on any atom is 0.406 e. The van der Waals surface area contributed by atoms with Crippen molar-refractivity contribution in [2.75, 3.05) is 44.7 Å². The maximum atomic E-state index is 13.1. The minimum absolute atomic E-state index is 0.0261. The molecule has 0 saturated carbocycles. The third kappa shape index (κ3) is 4.49. The first-order valence-corrected chi connectivity index (χ1v) is 8.63. The summed E-state index contributed by atoms with van der Waals surface area (Å²) in [5.41, 5.74) is 2.08. The second-order valence-electron chi connectivity index (χ2n) is 6.17. The van der Waals surface area contributed by atoms with Gasteiger partial charge < -0.3 is 15.0 Å². The van der Waals surface area contributed by atoms with Crippen LogP contribution in [0, 0.1) is 5.82 Å². The molecule has 1 fully saturated rings. The number of pyridine rings is 1. The van der Waals surface area contributed by atoms with E-state index in [0.29, 0.717) is 6.54 Å². The minimum atomic E-state index is -0.441. The van der Waals surface area contributed by atoms with Crippen molar-refractivity contribution in [3.63, 3.8) is 0 Å². The largest absolute Gasteiger partial charge is 0.453 e. The van der Waals surface area contributed by atoms with E-state index in [0.717, 1.165) is 37.4 Å². The Morgan fingerprint density at radius 1 is 1.23 bits per heavy atom. The van der Waals surface area contributed by atoms with Gasteiger partial charge in [-0.15, -0.1) is 0 Å². The molecule has 1 amide bonds. The number of carbonyl (C=O) groups is 1. The van der Waals surface area contributed by atoms with Crippen molar-refractivity contribution in [2.45, 2.75) is 6.04 Å². The van der Waals surface area contributed by atoms with Crippen LogP contribution < -0.4 is 10.2 Å². The number of ether oxygens (including phenoxy) is 1. The Labute approximate surface area is 152 Å². The number of benzene rings is 1. The molecule has 1 aromatic heterocycles. The highest BCUT2D eigenvalue weighted by atomic mass is 19.1. The Morgan fingerprint density at radius 2 is 1.96 bits per heavy atom. The molecule has 1 N–H and O–H groups in total. The fourth-order valence-corrected chi connectivity index (χ4v) is 3.23. The van der Waals surface area contributed by atoms with E-state index < -0.39 is 6.09 Å². The van der Waals surface area contributed by atoms with Crippen LogP contribution in [0.4, 0.5) is 14.9 Å². The summed E-state index contributed by atoms with van der Waals surface area (Å²) in [7, 11) is 1.36. The molecule has 0 bridgehead atoms. The molecule has 1 aliphatic heterocycles. The molecule has 1 aromatic carbocycles. The van der Waals surface area contributed by atoms with Gasteiger partial charge in [0.05, 0.1) is 13.2 Å². The van der Waals surface area contributed by atoms with Crippen LogP contribution in [0.5, 0.6) is 0 Å². The Morgan fingerprint density at radius 3 is 2.58 bits per heavy atom. The number of halogens is 1. The number of nitrogens with zero attached hydrogens (tertiary/aromatic N) is 3. The van der Waals surface area contributed by atoms with E-state index in [4.69, 9.17) is 0 Å². The normalized spacial score (nSPS) is 16.2. The first kappa shape index (κ1) is 18.1. The molecule has 1 aliphatic rings. The second kappa shape index (κ2) is 8.62. The zero-order valence-corrected chi connectivity index (χ0v) is 14.8. The van der Waals surface area contributed by atoms with Crippen molar-refractivity contribution < 1.29 is 13.9 Å². The van der Waals surface area contributed by atoms with Gasteiger partial charge in [-0.25, -0.2) is 9.18 Å². The van der Waals surface area contributed by atoms with Crippen molar-refractivity contribution in [3.8, 4) is 0 Å². The topological polar surface area (TPSA) is 57.7 Å². The van der Waals surface area contributed by atoms with Gasteiger partial charge in [-0.1, -0.05) is 6.07 Å². The molecule has 0 unspecified atom stereocenters. The number of hydrogen-bond acceptors (Lipinski definition) is 5. The minimum Gasteiger partial charge on any atom is -0.453 e. The number of methoxy groups -OCH3 is 1. The Kier molecular flexibility index (Phi) is 6.01. The molecule has 0 radical (unpaired) electrons. The molecule has 26 heavy (non-hydrogen) atoms. The van der Waals surface area contributed by atoms with Gasteiger partial charge in [0.15, 0.2) is 0 Å². The lowest BCUT2D eigenvalue weighted by atomic mass is 10.1. The number of carbonyl (C=O) groups excluding carboxylic acids is 1. The number of aromatic nitrogens is 1. The number of anilines is 1. The molecule has 1 atom stereocenters. The SMILES string of the molecule is COC(=O)NC[C@H](c1cccnc1)N1CCN(c2ccc(F)cc2)CC1. The summed E-state index contributed by atoms with van der Waals surface area (Å²) in [6.45, 7) is 3.79. The maximum absolute atomic E-state index is 13.1. The molecule has 2 aromatic rings. The molecular formula is C19H23FN4O2. The summed E-state index contributed by atoms with van der Waals surface area (Å²) in [6.07, 6.45) is 3.13. The van der Waals surface area contributed by atoms with Crippen molar-refractivity contribution >= 4 is 11.8 Å². The monoisotopic (exact) mass is 358 g/mol. The molecule has 0 spiro atoms. The van der Waals surface area contributed by atoms with Gasteiger partial charge in [-0.3, -0.25) is 9.88 Å². The number of nitrogens with one attached hydrogen (secondary N) is 1. The lowest BCUT2D eigenvalue weighted by Gasteiger charge is -2.40. The lowest BCUT2D eigenvalue weighted by molar-refractivity contribution is 0.154. The highest BCUT2D eigenvalue weighted by Crippen LogP contribution is 2.23. The molecule has 1 saturated heterocycles. The number of rotatable bonds is 5. The Hall–Kier alpha value is -2.67. The van der Waals surface area contributed by atoms with Gasteiger partial charge in [0.25, 0.3) is 0 Å². The molecule has 7 heteroatoms. The van der Waals surface area contributed by atoms with Crippen molar-refractivity contribution in [1.82, 2.24) is 15.2 Å². The Balaban J connectivity index is 1.66. The van der Waals surface area contributed by atoms with E-state index in [1.54, 1.807) is 6.20 Å². The van der Waals surface area contributed by atoms with Gasteiger partial charge in [0, 0.05) is 50.8 Å². The van der Waals surface area contributed by atoms with Gasteiger partial charge >= 0.3 is 6.09 Å². The van der Waals surface area contributed by atoms with Crippen LogP contribution in [0.2, 0.25) is 0 Å². The molecule has 138 valence electrons. The summed E-state index contributed by atoms with van der Waals surface area (Å²) >= 11 is 0. The quantitative estimate of drug-likeness (QED) is 0.890. The van der Waals surface area contributed by atoms with Crippen LogP contribution in [-0.4, -0.2) is 55.8 Å². The molecular weight excluding hydrogens is 335 g/mol. The van der Waals surface area contributed by atoms with E-state index in [9.17, 15) is 9.18 Å². The second-order valence-corrected chi connectivity index (χ2v) is 6.17. The zero-order valence-electron chi connectivity index (χ0n) is 14.8. The van der Waals surface area contributed by atoms with E-state index in [-0.39, 0.29) is 11.9 Å². The van der Waals surface area contributed by atoms with Crippen LogP contribution in [0.3, 0.4) is 0 Å². The fraction of sp³-hybridized carbons (Fsp3) is 0.368. The average molecular weight is 358 g/mol. The number of hydrogen-bond donors (Lipinski definition) is 1. The van der Waals surface area contributed by atoms with Crippen molar-refractivity contribution in [1.29, 1.82) is 0 Å². The van der Waals surface area contributed by atoms with Crippen LogP contribution in [0.15, 0.2) is 48.8 Å². The van der Waals surface area contributed by atoms with Gasteiger partial charge in [-0.2, -0.15) is 0 Å². The summed E-state index contributed by atoms with van der Waals surface area (Å²) in [6, 6.07) is 10.5. The Bertz CT molecular complexity index is 703. The highest BCUT2D eigenvalue weighted by Gasteiger charge is 2.26. The molecule has 3 rings (SSSR count). The number of piperazine rings is 1. The standard InChI is InChI=1S/C19H23FN4O2/c1-26-19(25)22-14-18(15-3-2-8-21-13-15)24-11-9-23(10-12-24)17-6-4-16(20)5-7-17/h2-8,13,18H,9-12,14H2,1H3,(H,22,25)/t18-/m1/s1. The van der Waals surface area contributed by atoms with E-state index >= 15 is 0 Å². The first-order valence-electron chi connectivity index (χ1n) is 8.63. The van der Waals surface area contributed by atoms with E-state index in [2.05, 4.69) is 24.8 Å². The van der Waals surface area contributed by atoms with Gasteiger partial charge in [0.2, 0.25) is 0 Å². The van der Waals surface area contributed by atoms with Crippen molar-refractivity contribution in [2.24, 2.45) is 0 Å². The third-order valence-corrected chi connectivity index (χ3v) is 4.64. The van der Waals surface area contributed by atoms with E-state index in [1.807, 2.05) is 30.5 Å². The van der Waals surface area contributed by atoms with Crippen LogP contribution in [0.1, 0.15) is 11.6 Å². The lowest BCUT2D eigenvalue weighted by Crippen LogP contribution is -2.50. The third-order valence-electron chi connectivity index (χ3n) is 4.64. The summed E-state index contributed by atoms with van der Waals surface area (Å²) in [5, 5.41) is 2.79. The average Bonchev–Trinajstić information content (AvgIpc) is 2.70. The first-order chi connectivity index (χ1) is 12.7. The molecule has 2 heterocycles. The van der Waals surface area contributed by atoms with Gasteiger partial charge in [0.1, 0.15) is 5.82 Å². The smallest absolute Gasteiger partial charge is 0.406 e. The summed E-state index contributed by atoms with van der Waals surface area (Å²) in [4.78, 5) is 20.3. The van der Waals surface area contributed by atoms with Crippen LogP contribution in [0.25, 0.3) is 0 Å². The number of alkyl carbamates (subject to hydrolysis) is 1. The van der Waals surface area contributed by atoms with Crippen LogP contribution in [-0.2, 0) is 4.74 Å². The van der Waals surface area contributed by atoms with Gasteiger partial charge in [-0.05, 0) is 35.9 Å². The van der Waals surface area contributed by atoms with Crippen LogP contribution >= 0.6 is 0 Å². The zero-order chi connectivity index (χ0) is 18.4. The van der Waals surface area contributed by atoms with Crippen molar-refractivity contribution in [3.05, 3.63) is 60.2 Å². The predicted octanol–water partition coefficient (Wildman–Crippen LogP) is 2.44. The summed E-state index contributed by atoms with van der Waals surface area (Å²) < 4.78 is 17.8. The summed E-state index contributed by atoms with van der Waals surface area (Å²) in [5.74, 6) is -0.224. The van der Waals surface area contributed by atoms with E-state index in [1.165, 1.54) is 19.2 Å². The highest BCUT2D eigenvalue weighted by molar-refractivity contribution is 5.66.